The number of hydrogen-bond donors (Lipinski definition) is 1. The summed E-state index contributed by atoms with van der Waals surface area (Å²) in [6, 6.07) is 5.65. The first kappa shape index (κ1) is 10.4. The molecule has 1 heterocycles. The maximum atomic E-state index is 5.52. The number of nitrogens with zero attached hydrogens (tertiary/aromatic N) is 2. The third-order valence-corrected chi connectivity index (χ3v) is 3.01. The molecule has 0 radical (unpaired) electrons. The van der Waals surface area contributed by atoms with Crippen molar-refractivity contribution in [1.82, 2.24) is 9.36 Å². The molecule has 0 aliphatic carbocycles. The van der Waals surface area contributed by atoms with E-state index in [-0.39, 0.29) is 0 Å². The first-order valence-corrected chi connectivity index (χ1v) is 5.70. The fourth-order valence-electron chi connectivity index (χ4n) is 1.16. The Bertz CT molecular complexity index is 486. The Balaban J connectivity index is 2.42. The lowest BCUT2D eigenvalue weighted by Crippen LogP contribution is -1.87. The number of methoxy groups -OCH3 is 1. The van der Waals surface area contributed by atoms with Crippen LogP contribution in [-0.2, 0) is 0 Å². The molecule has 0 saturated heterocycles. The van der Waals surface area contributed by atoms with Gasteiger partial charge in [0.2, 0.25) is 0 Å². The van der Waals surface area contributed by atoms with Gasteiger partial charge >= 0.3 is 0 Å². The smallest absolute Gasteiger partial charge is 0.200 e. The van der Waals surface area contributed by atoms with Crippen molar-refractivity contribution < 1.29 is 4.74 Å². The van der Waals surface area contributed by atoms with Crippen molar-refractivity contribution in [2.75, 3.05) is 12.8 Å². The molecule has 1 aromatic carbocycles. The van der Waals surface area contributed by atoms with E-state index in [1.807, 2.05) is 18.2 Å². The summed E-state index contributed by atoms with van der Waals surface area (Å²) in [4.78, 5) is 4.10. The fourth-order valence-corrected chi connectivity index (χ4v) is 2.15. The van der Waals surface area contributed by atoms with Crippen LogP contribution in [0.4, 0.5) is 5.13 Å². The average Bonchev–Trinajstić information content (AvgIpc) is 2.65. The molecule has 0 spiro atoms. The van der Waals surface area contributed by atoms with Gasteiger partial charge in [0.1, 0.15) is 5.75 Å². The zero-order valence-electron chi connectivity index (χ0n) is 7.90. The van der Waals surface area contributed by atoms with Crippen LogP contribution in [0.15, 0.2) is 22.7 Å². The van der Waals surface area contributed by atoms with Crippen LogP contribution in [0, 0.1) is 0 Å². The average molecular weight is 286 g/mol. The summed E-state index contributed by atoms with van der Waals surface area (Å²) in [5, 5.41) is 0.469. The summed E-state index contributed by atoms with van der Waals surface area (Å²) >= 11 is 4.59. The molecule has 0 fully saturated rings. The Morgan fingerprint density at radius 2 is 2.27 bits per heavy atom. The van der Waals surface area contributed by atoms with Gasteiger partial charge in [0.05, 0.1) is 11.6 Å². The first-order valence-electron chi connectivity index (χ1n) is 4.14. The zero-order valence-corrected chi connectivity index (χ0v) is 10.3. The van der Waals surface area contributed by atoms with Crippen LogP contribution in [0.1, 0.15) is 0 Å². The Labute approximate surface area is 99.4 Å². The van der Waals surface area contributed by atoms with Crippen LogP contribution < -0.4 is 10.5 Å². The van der Waals surface area contributed by atoms with Gasteiger partial charge in [-0.05, 0) is 34.1 Å². The first-order chi connectivity index (χ1) is 7.20. The van der Waals surface area contributed by atoms with Crippen molar-refractivity contribution >= 4 is 32.6 Å². The number of aromatic nitrogens is 2. The van der Waals surface area contributed by atoms with E-state index in [1.54, 1.807) is 7.11 Å². The maximum absolute atomic E-state index is 5.52. The summed E-state index contributed by atoms with van der Waals surface area (Å²) in [5.74, 6) is 1.42. The number of nitrogens with two attached hydrogens (primary N) is 1. The minimum absolute atomic E-state index is 0.469. The van der Waals surface area contributed by atoms with Gasteiger partial charge in [-0.15, -0.1) is 0 Å². The monoisotopic (exact) mass is 285 g/mol. The molecular weight excluding hydrogens is 278 g/mol. The number of benzene rings is 1. The van der Waals surface area contributed by atoms with Gasteiger partial charge in [0.15, 0.2) is 11.0 Å². The third kappa shape index (κ3) is 2.10. The van der Waals surface area contributed by atoms with Gasteiger partial charge in [-0.25, -0.2) is 0 Å². The van der Waals surface area contributed by atoms with Crippen LogP contribution in [-0.4, -0.2) is 16.5 Å². The predicted molar refractivity (Wildman–Crippen MR) is 64.0 cm³/mol. The van der Waals surface area contributed by atoms with Crippen molar-refractivity contribution in [1.29, 1.82) is 0 Å². The van der Waals surface area contributed by atoms with E-state index in [2.05, 4.69) is 25.3 Å². The van der Waals surface area contributed by atoms with Gasteiger partial charge in [-0.3, -0.25) is 0 Å². The molecule has 0 unspecified atom stereocenters. The van der Waals surface area contributed by atoms with Crippen molar-refractivity contribution in [2.24, 2.45) is 0 Å². The number of halogens is 1. The normalized spacial score (nSPS) is 10.3. The molecule has 6 heteroatoms. The minimum Gasteiger partial charge on any atom is -0.496 e. The van der Waals surface area contributed by atoms with Crippen LogP contribution >= 0.6 is 27.5 Å². The van der Waals surface area contributed by atoms with Crippen LogP contribution in [0.5, 0.6) is 5.75 Å². The number of nitrogen functional groups attached to an aromatic ring is 1. The topological polar surface area (TPSA) is 61.0 Å². The summed E-state index contributed by atoms with van der Waals surface area (Å²) in [7, 11) is 1.62. The van der Waals surface area contributed by atoms with Crippen LogP contribution in [0.3, 0.4) is 0 Å². The second-order valence-electron chi connectivity index (χ2n) is 2.81. The standard InChI is InChI=1S/C9H8BrN3OS/c1-14-7-3-2-5(4-6(7)10)8-12-9(11)15-13-8/h2-4H,1H3,(H2,11,12,13). The lowest BCUT2D eigenvalue weighted by molar-refractivity contribution is 0.412. The molecule has 0 saturated carbocycles. The molecule has 0 aliphatic heterocycles. The quantitative estimate of drug-likeness (QED) is 0.921. The van der Waals surface area contributed by atoms with E-state index in [0.717, 1.165) is 15.8 Å². The lowest BCUT2D eigenvalue weighted by Gasteiger charge is -2.03. The lowest BCUT2D eigenvalue weighted by atomic mass is 10.2. The highest BCUT2D eigenvalue weighted by molar-refractivity contribution is 9.10. The Hall–Kier alpha value is -1.14. The van der Waals surface area contributed by atoms with Crippen LogP contribution in [0.2, 0.25) is 0 Å². The largest absolute Gasteiger partial charge is 0.496 e. The molecule has 2 rings (SSSR count). The zero-order chi connectivity index (χ0) is 10.8. The van der Waals surface area contributed by atoms with Crippen molar-refractivity contribution in [3.63, 3.8) is 0 Å². The third-order valence-electron chi connectivity index (χ3n) is 1.85. The highest BCUT2D eigenvalue weighted by Gasteiger charge is 2.07. The van der Waals surface area contributed by atoms with Crippen molar-refractivity contribution in [3.8, 4) is 17.1 Å². The summed E-state index contributed by atoms with van der Waals surface area (Å²) in [6.45, 7) is 0. The van der Waals surface area contributed by atoms with E-state index in [0.29, 0.717) is 11.0 Å². The Kier molecular flexibility index (Phi) is 2.88. The van der Waals surface area contributed by atoms with E-state index < -0.39 is 0 Å². The van der Waals surface area contributed by atoms with E-state index in [4.69, 9.17) is 10.5 Å². The fraction of sp³-hybridized carbons (Fsp3) is 0.111. The summed E-state index contributed by atoms with van der Waals surface area (Å²) in [5.41, 5.74) is 6.43. The number of anilines is 1. The molecule has 0 amide bonds. The van der Waals surface area contributed by atoms with Crippen molar-refractivity contribution in [3.05, 3.63) is 22.7 Å². The molecule has 15 heavy (non-hydrogen) atoms. The van der Waals surface area contributed by atoms with Gasteiger partial charge in [0, 0.05) is 17.1 Å². The van der Waals surface area contributed by atoms with Crippen LogP contribution in [0.25, 0.3) is 11.4 Å². The van der Waals surface area contributed by atoms with E-state index in [9.17, 15) is 0 Å². The summed E-state index contributed by atoms with van der Waals surface area (Å²) < 4.78 is 10.1. The Morgan fingerprint density at radius 3 is 2.80 bits per heavy atom. The second kappa shape index (κ2) is 4.16. The Morgan fingerprint density at radius 1 is 1.47 bits per heavy atom. The summed E-state index contributed by atoms with van der Waals surface area (Å²) in [6.07, 6.45) is 0. The molecule has 4 nitrogen and oxygen atoms in total. The molecular formula is C9H8BrN3OS. The van der Waals surface area contributed by atoms with Crippen molar-refractivity contribution in [2.45, 2.75) is 0 Å². The van der Waals surface area contributed by atoms with Gasteiger partial charge in [-0.1, -0.05) is 0 Å². The highest BCUT2D eigenvalue weighted by atomic mass is 79.9. The number of rotatable bonds is 2. The molecule has 0 aliphatic rings. The molecule has 78 valence electrons. The SMILES string of the molecule is COc1ccc(-c2nsc(N)n2)cc1Br. The molecule has 2 N–H and O–H groups in total. The predicted octanol–water partition coefficient (Wildman–Crippen LogP) is 2.56. The molecule has 2 aromatic rings. The van der Waals surface area contributed by atoms with E-state index in [1.165, 1.54) is 11.5 Å². The highest BCUT2D eigenvalue weighted by Crippen LogP contribution is 2.29. The minimum atomic E-state index is 0.469. The molecule has 0 bridgehead atoms. The number of hydrogen-bond acceptors (Lipinski definition) is 5. The van der Waals surface area contributed by atoms with Gasteiger partial charge < -0.3 is 10.5 Å². The molecule has 1 aromatic heterocycles. The second-order valence-corrected chi connectivity index (χ2v) is 4.44. The van der Waals surface area contributed by atoms with Gasteiger partial charge in [-0.2, -0.15) is 9.36 Å². The maximum Gasteiger partial charge on any atom is 0.200 e. The number of ether oxygens (including phenoxy) is 1. The van der Waals surface area contributed by atoms with E-state index >= 15 is 0 Å². The molecule has 0 atom stereocenters. The van der Waals surface area contributed by atoms with Gasteiger partial charge in [0.25, 0.3) is 0 Å².